The average molecular weight is 437 g/mol. The van der Waals surface area contributed by atoms with E-state index < -0.39 is 0 Å². The zero-order valence-corrected chi connectivity index (χ0v) is 20.4. The van der Waals surface area contributed by atoms with Crippen molar-refractivity contribution >= 4 is 27.2 Å². The lowest BCUT2D eigenvalue weighted by Crippen LogP contribution is -2.32. The van der Waals surface area contributed by atoms with Crippen molar-refractivity contribution in [2.75, 3.05) is 24.5 Å². The highest BCUT2D eigenvalue weighted by atomic mass is 32.1. The van der Waals surface area contributed by atoms with Crippen LogP contribution in [0.2, 0.25) is 0 Å². The quantitative estimate of drug-likeness (QED) is 0.215. The van der Waals surface area contributed by atoms with Crippen LogP contribution in [0.3, 0.4) is 0 Å². The molecule has 1 atom stereocenters. The van der Waals surface area contributed by atoms with E-state index in [1.807, 2.05) is 11.3 Å². The lowest BCUT2D eigenvalue weighted by atomic mass is 10.2. The molecule has 0 amide bonds. The van der Waals surface area contributed by atoms with Crippen molar-refractivity contribution in [1.29, 1.82) is 0 Å². The summed E-state index contributed by atoms with van der Waals surface area (Å²) in [5.41, 5.74) is 3.58. The Morgan fingerprint density at radius 3 is 2.45 bits per heavy atom. The Morgan fingerprint density at radius 2 is 1.77 bits per heavy atom. The van der Waals surface area contributed by atoms with Crippen LogP contribution in [0.25, 0.3) is 20.8 Å². The van der Waals surface area contributed by atoms with Gasteiger partial charge in [-0.2, -0.15) is 0 Å². The molecule has 1 saturated heterocycles. The van der Waals surface area contributed by atoms with Crippen LogP contribution in [0, 0.1) is 0 Å². The molecule has 1 aliphatic carbocycles. The first kappa shape index (κ1) is 22.3. The molecule has 0 aromatic heterocycles. The Kier molecular flexibility index (Phi) is 7.60. The molecular formula is C27H38N3S+. The van der Waals surface area contributed by atoms with E-state index in [0.717, 1.165) is 24.3 Å². The highest BCUT2D eigenvalue weighted by Gasteiger charge is 2.21. The standard InChI is InChI=1S/C27H38N3S/c1-4-6-8-16-29(17-9-7-5-2)22-12-14-24-26(19-22)31-27-20-23(13-15-25(27)28-24)30-18-10-11-21(30)3/h12-15,19-21H,4-11,16-18H2,1-3H3/q+1. The molecule has 0 bridgehead atoms. The summed E-state index contributed by atoms with van der Waals surface area (Å²) >= 11 is 1.90. The largest absolute Gasteiger partial charge is 0.369 e. The Bertz CT molecular complexity index is 1030. The van der Waals surface area contributed by atoms with Crippen LogP contribution in [0.15, 0.2) is 36.4 Å². The summed E-state index contributed by atoms with van der Waals surface area (Å²) < 4.78 is 3.90. The summed E-state index contributed by atoms with van der Waals surface area (Å²) in [6.45, 7) is 10.4. The van der Waals surface area contributed by atoms with E-state index in [0.29, 0.717) is 6.04 Å². The summed E-state index contributed by atoms with van der Waals surface area (Å²) in [6, 6.07) is 14.4. The number of nitrogens with zero attached hydrogens (tertiary/aromatic N) is 3. The Morgan fingerprint density at radius 1 is 1.00 bits per heavy atom. The minimum atomic E-state index is 0.641. The van der Waals surface area contributed by atoms with Gasteiger partial charge in [-0.1, -0.05) is 26.7 Å². The molecule has 4 heteroatoms. The highest BCUT2D eigenvalue weighted by Crippen LogP contribution is 2.33. The maximum atomic E-state index is 4.99. The number of aromatic nitrogens is 1. The van der Waals surface area contributed by atoms with E-state index in [2.05, 4.69) is 66.6 Å². The fraction of sp³-hybridized carbons (Fsp3) is 0.556. The molecule has 166 valence electrons. The Labute approximate surface area is 191 Å². The average Bonchev–Trinajstić information content (AvgIpc) is 3.22. The topological polar surface area (TPSA) is 19.1 Å². The molecule has 0 N–H and O–H groups in total. The second kappa shape index (κ2) is 10.6. The van der Waals surface area contributed by atoms with Gasteiger partial charge in [0.25, 0.3) is 0 Å². The molecule has 1 fully saturated rings. The van der Waals surface area contributed by atoms with Crippen LogP contribution in [0.1, 0.15) is 72.1 Å². The number of fused-ring (bicyclic) bond motifs is 2. The van der Waals surface area contributed by atoms with Gasteiger partial charge < -0.3 is 4.90 Å². The molecule has 31 heavy (non-hydrogen) atoms. The van der Waals surface area contributed by atoms with Gasteiger partial charge in [0.1, 0.15) is 13.1 Å². The van der Waals surface area contributed by atoms with Crippen LogP contribution in [-0.2, 0) is 0 Å². The third-order valence-electron chi connectivity index (χ3n) is 6.66. The fourth-order valence-electron chi connectivity index (χ4n) is 4.77. The molecule has 1 aromatic rings. The van der Waals surface area contributed by atoms with Crippen molar-refractivity contribution in [3.05, 3.63) is 41.8 Å². The molecule has 2 heterocycles. The third kappa shape index (κ3) is 5.28. The second-order valence-corrected chi connectivity index (χ2v) is 10.2. The summed E-state index contributed by atoms with van der Waals surface area (Å²) in [6.07, 6.45) is 10.3. The maximum Gasteiger partial charge on any atom is 0.201 e. The van der Waals surface area contributed by atoms with Crippen LogP contribution in [-0.4, -0.2) is 30.7 Å². The molecule has 1 aromatic carbocycles. The molecule has 0 spiro atoms. The van der Waals surface area contributed by atoms with Gasteiger partial charge >= 0.3 is 0 Å². The summed E-state index contributed by atoms with van der Waals surface area (Å²) in [5.74, 6) is 0. The van der Waals surface area contributed by atoms with Gasteiger partial charge in [0, 0.05) is 43.2 Å². The van der Waals surface area contributed by atoms with Crippen molar-refractivity contribution in [3.63, 3.8) is 0 Å². The molecule has 4 rings (SSSR count). The van der Waals surface area contributed by atoms with Crippen molar-refractivity contribution < 1.29 is 0 Å². The maximum absolute atomic E-state index is 4.99. The number of unbranched alkanes of at least 4 members (excludes halogenated alkanes) is 4. The molecule has 0 saturated carbocycles. The zero-order chi connectivity index (χ0) is 21.6. The lowest BCUT2D eigenvalue weighted by Gasteiger charge is -2.24. The number of benzene rings is 2. The van der Waals surface area contributed by atoms with Crippen LogP contribution >= 0.6 is 11.3 Å². The van der Waals surface area contributed by atoms with Gasteiger partial charge in [-0.25, -0.2) is 9.56 Å². The van der Waals surface area contributed by atoms with E-state index in [4.69, 9.17) is 4.98 Å². The summed E-state index contributed by atoms with van der Waals surface area (Å²) in [7, 11) is 0. The molecule has 0 radical (unpaired) electrons. The van der Waals surface area contributed by atoms with E-state index >= 15 is 0 Å². The van der Waals surface area contributed by atoms with Gasteiger partial charge in [-0.3, -0.25) is 0 Å². The number of hydrogen-bond donors (Lipinski definition) is 0. The van der Waals surface area contributed by atoms with Crippen molar-refractivity contribution in [2.45, 2.75) is 78.2 Å². The Hall–Kier alpha value is -1.94. The highest BCUT2D eigenvalue weighted by molar-refractivity contribution is 7.21. The molecule has 3 aliphatic rings. The predicted molar refractivity (Wildman–Crippen MR) is 136 cm³/mol. The fourth-order valence-corrected chi connectivity index (χ4v) is 5.80. The third-order valence-corrected chi connectivity index (χ3v) is 7.75. The van der Waals surface area contributed by atoms with Crippen molar-refractivity contribution in [1.82, 2.24) is 9.56 Å². The van der Waals surface area contributed by atoms with Crippen LogP contribution in [0.5, 0.6) is 0 Å². The number of rotatable bonds is 9. The zero-order valence-electron chi connectivity index (χ0n) is 19.6. The lowest BCUT2D eigenvalue weighted by molar-refractivity contribution is 0.509. The number of hydrogen-bond acceptors (Lipinski definition) is 3. The summed E-state index contributed by atoms with van der Waals surface area (Å²) in [4.78, 5) is 8.84. The van der Waals surface area contributed by atoms with Crippen LogP contribution < -0.4 is 14.8 Å². The van der Waals surface area contributed by atoms with Crippen molar-refractivity contribution in [2.24, 2.45) is 0 Å². The number of anilines is 1. The van der Waals surface area contributed by atoms with Gasteiger partial charge in [0.05, 0.1) is 20.8 Å². The summed E-state index contributed by atoms with van der Waals surface area (Å²) in [5, 5.41) is 1.36. The first-order valence-electron chi connectivity index (χ1n) is 12.4. The Balaban J connectivity index is 1.72. The monoisotopic (exact) mass is 436 g/mol. The second-order valence-electron chi connectivity index (χ2n) is 9.10. The van der Waals surface area contributed by atoms with E-state index in [9.17, 15) is 0 Å². The van der Waals surface area contributed by atoms with Crippen LogP contribution in [0.4, 0.5) is 5.69 Å². The molecule has 1 unspecified atom stereocenters. The molecule has 3 nitrogen and oxygen atoms in total. The minimum Gasteiger partial charge on any atom is -0.369 e. The van der Waals surface area contributed by atoms with E-state index in [-0.39, 0.29) is 0 Å². The van der Waals surface area contributed by atoms with Gasteiger partial charge in [0.2, 0.25) is 5.36 Å². The smallest absolute Gasteiger partial charge is 0.201 e. The minimum absolute atomic E-state index is 0.641. The van der Waals surface area contributed by atoms with Gasteiger partial charge in [-0.15, -0.1) is 11.3 Å². The molecular weight excluding hydrogens is 398 g/mol. The first-order valence-corrected chi connectivity index (χ1v) is 13.2. The van der Waals surface area contributed by atoms with Crippen molar-refractivity contribution in [3.8, 4) is 10.6 Å². The first-order chi connectivity index (χ1) is 15.2. The van der Waals surface area contributed by atoms with E-state index in [1.165, 1.54) is 78.5 Å². The van der Waals surface area contributed by atoms with Gasteiger partial charge in [-0.05, 0) is 56.9 Å². The molecule has 2 aliphatic heterocycles. The predicted octanol–water partition coefficient (Wildman–Crippen LogP) is 6.54. The van der Waals surface area contributed by atoms with E-state index in [1.54, 1.807) is 0 Å². The van der Waals surface area contributed by atoms with Gasteiger partial charge in [0.15, 0.2) is 0 Å². The SMILES string of the molecule is CCCCC[N+](CCCCC)=c1ccc2nc3ccc(N4CCCC4C)cc3sc-2c1. The normalized spacial score (nSPS) is 16.5.